The second-order valence-electron chi connectivity index (χ2n) is 12.1. The highest BCUT2D eigenvalue weighted by atomic mass is 16.5. The molecule has 0 fully saturated rings. The molecule has 1 aromatic heterocycles. The SMILES string of the molecule is COc1ccc(N(C(=O)c2c[nH]c(Cc3ccccc3C(=O)N3Cc4ccccc4C[C@H]3CN(C)C)c2)c2ccc(OC)cc2)cc1. The van der Waals surface area contributed by atoms with E-state index in [4.69, 9.17) is 9.47 Å². The molecule has 0 aliphatic carbocycles. The summed E-state index contributed by atoms with van der Waals surface area (Å²) in [5.74, 6) is 1.24. The maximum Gasteiger partial charge on any atom is 0.264 e. The number of ether oxygens (including phenoxy) is 2. The minimum atomic E-state index is -0.189. The monoisotopic (exact) mass is 628 g/mol. The number of benzene rings is 4. The van der Waals surface area contributed by atoms with Gasteiger partial charge < -0.3 is 24.3 Å². The van der Waals surface area contributed by atoms with Gasteiger partial charge in [-0.05, 0) is 97.9 Å². The van der Waals surface area contributed by atoms with E-state index in [9.17, 15) is 9.59 Å². The number of aromatic amines is 1. The van der Waals surface area contributed by atoms with Crippen molar-refractivity contribution >= 4 is 23.2 Å². The lowest BCUT2D eigenvalue weighted by atomic mass is 9.92. The number of nitrogens with one attached hydrogen (secondary N) is 1. The van der Waals surface area contributed by atoms with Crippen LogP contribution in [0.15, 0.2) is 109 Å². The van der Waals surface area contributed by atoms with Gasteiger partial charge in [0.1, 0.15) is 11.5 Å². The number of carbonyl (C=O) groups is 2. The van der Waals surface area contributed by atoms with Crippen LogP contribution in [0.25, 0.3) is 0 Å². The van der Waals surface area contributed by atoms with Crippen molar-refractivity contribution < 1.29 is 19.1 Å². The van der Waals surface area contributed by atoms with E-state index in [1.165, 1.54) is 11.1 Å². The van der Waals surface area contributed by atoms with Crippen LogP contribution >= 0.6 is 0 Å². The summed E-state index contributed by atoms with van der Waals surface area (Å²) in [7, 11) is 7.32. The van der Waals surface area contributed by atoms with Gasteiger partial charge in [-0.2, -0.15) is 0 Å². The number of aromatic nitrogens is 1. The van der Waals surface area contributed by atoms with E-state index in [0.717, 1.165) is 24.2 Å². The normalized spacial score (nSPS) is 14.1. The molecule has 0 radical (unpaired) electrons. The van der Waals surface area contributed by atoms with Crippen molar-refractivity contribution in [3.05, 3.63) is 143 Å². The topological polar surface area (TPSA) is 78.1 Å². The number of hydrogen-bond donors (Lipinski definition) is 1. The number of nitrogens with zero attached hydrogens (tertiary/aromatic N) is 3. The molecule has 0 saturated heterocycles. The van der Waals surface area contributed by atoms with Gasteiger partial charge in [0, 0.05) is 54.4 Å². The molecule has 2 heterocycles. The molecule has 5 aromatic rings. The van der Waals surface area contributed by atoms with Crippen LogP contribution in [0.2, 0.25) is 0 Å². The quantitative estimate of drug-likeness (QED) is 0.186. The number of amides is 2. The Balaban J connectivity index is 1.27. The molecule has 0 bridgehead atoms. The lowest BCUT2D eigenvalue weighted by molar-refractivity contribution is 0.0605. The summed E-state index contributed by atoms with van der Waals surface area (Å²) in [6.07, 6.45) is 3.03. The molecule has 1 N–H and O–H groups in total. The van der Waals surface area contributed by atoms with Gasteiger partial charge in [-0.15, -0.1) is 0 Å². The van der Waals surface area contributed by atoms with Crippen LogP contribution in [0.3, 0.4) is 0 Å². The van der Waals surface area contributed by atoms with Crippen LogP contribution in [-0.4, -0.2) is 67.5 Å². The standard InChI is InChI=1S/C39H40N4O4/c1-41(2)26-34-23-27-9-5-6-11-29(27)25-42(34)39(45)37-12-8-7-10-28(37)21-31-22-30(24-40-31)38(44)43(32-13-17-35(46-3)18-14-32)33-15-19-36(47-4)20-16-33/h5-20,22,24,34,40H,21,23,25-26H2,1-4H3/t34-/m0/s1. The number of likely N-dealkylation sites (N-methyl/N-ethyl adjacent to an activating group) is 1. The Morgan fingerprint density at radius 1 is 0.809 bits per heavy atom. The molecule has 2 amide bonds. The summed E-state index contributed by atoms with van der Waals surface area (Å²) in [5, 5.41) is 0. The van der Waals surface area contributed by atoms with E-state index in [0.29, 0.717) is 47.0 Å². The number of fused-ring (bicyclic) bond motifs is 1. The van der Waals surface area contributed by atoms with Crippen LogP contribution in [0.1, 0.15) is 43.1 Å². The summed E-state index contributed by atoms with van der Waals surface area (Å²) in [5.41, 5.74) is 6.84. The highest BCUT2D eigenvalue weighted by molar-refractivity contribution is 6.11. The lowest BCUT2D eigenvalue weighted by Crippen LogP contribution is -2.49. The predicted molar refractivity (Wildman–Crippen MR) is 185 cm³/mol. The van der Waals surface area contributed by atoms with Crippen LogP contribution in [-0.2, 0) is 19.4 Å². The first-order valence-electron chi connectivity index (χ1n) is 15.7. The number of hydrogen-bond acceptors (Lipinski definition) is 5. The fourth-order valence-electron chi connectivity index (χ4n) is 6.30. The molecule has 1 atom stereocenters. The third-order valence-corrected chi connectivity index (χ3v) is 8.67. The maximum absolute atomic E-state index is 14.2. The first kappa shape index (κ1) is 31.6. The van der Waals surface area contributed by atoms with Crippen molar-refractivity contribution in [1.29, 1.82) is 0 Å². The molecule has 4 aromatic carbocycles. The molecular formula is C39H40N4O4. The first-order valence-corrected chi connectivity index (χ1v) is 15.7. The van der Waals surface area contributed by atoms with Crippen LogP contribution in [0.4, 0.5) is 11.4 Å². The summed E-state index contributed by atoms with van der Waals surface area (Å²) in [4.78, 5) is 37.5. The van der Waals surface area contributed by atoms with Gasteiger partial charge >= 0.3 is 0 Å². The highest BCUT2D eigenvalue weighted by Gasteiger charge is 2.31. The lowest BCUT2D eigenvalue weighted by Gasteiger charge is -2.38. The third kappa shape index (κ3) is 6.93. The first-order chi connectivity index (χ1) is 22.8. The Hall–Kier alpha value is -5.34. The molecule has 8 heteroatoms. The molecule has 6 rings (SSSR count). The van der Waals surface area contributed by atoms with E-state index in [1.807, 2.05) is 104 Å². The van der Waals surface area contributed by atoms with Crippen molar-refractivity contribution in [1.82, 2.24) is 14.8 Å². The average Bonchev–Trinajstić information content (AvgIpc) is 3.57. The Bertz CT molecular complexity index is 1800. The maximum atomic E-state index is 14.2. The number of anilines is 2. The molecule has 240 valence electrons. The minimum absolute atomic E-state index is 0.0231. The van der Waals surface area contributed by atoms with Gasteiger partial charge in [-0.25, -0.2) is 0 Å². The van der Waals surface area contributed by atoms with Crippen molar-refractivity contribution in [3.63, 3.8) is 0 Å². The fraction of sp³-hybridized carbons (Fsp3) is 0.231. The van der Waals surface area contributed by atoms with E-state index in [1.54, 1.807) is 25.3 Å². The zero-order valence-electron chi connectivity index (χ0n) is 27.3. The fourth-order valence-corrected chi connectivity index (χ4v) is 6.30. The number of H-pyrrole nitrogens is 1. The van der Waals surface area contributed by atoms with Crippen molar-refractivity contribution in [2.45, 2.75) is 25.4 Å². The Morgan fingerprint density at radius 2 is 1.40 bits per heavy atom. The van der Waals surface area contributed by atoms with Crippen molar-refractivity contribution in [2.75, 3.05) is 39.8 Å². The molecule has 1 aliphatic heterocycles. The van der Waals surface area contributed by atoms with Crippen LogP contribution < -0.4 is 14.4 Å². The van der Waals surface area contributed by atoms with Gasteiger partial charge in [0.2, 0.25) is 0 Å². The average molecular weight is 629 g/mol. The zero-order chi connectivity index (χ0) is 32.9. The van der Waals surface area contributed by atoms with Gasteiger partial charge in [0.25, 0.3) is 11.8 Å². The molecule has 8 nitrogen and oxygen atoms in total. The number of carbonyl (C=O) groups excluding carboxylic acids is 2. The molecule has 0 spiro atoms. The van der Waals surface area contributed by atoms with Gasteiger partial charge in [-0.3, -0.25) is 14.5 Å². The molecule has 0 unspecified atom stereocenters. The van der Waals surface area contributed by atoms with Gasteiger partial charge in [0.05, 0.1) is 19.8 Å². The van der Waals surface area contributed by atoms with Gasteiger partial charge in [-0.1, -0.05) is 42.5 Å². The Morgan fingerprint density at radius 3 is 2.02 bits per heavy atom. The second kappa shape index (κ2) is 14.0. The number of methoxy groups -OCH3 is 2. The van der Waals surface area contributed by atoms with E-state index in [-0.39, 0.29) is 17.9 Å². The van der Waals surface area contributed by atoms with E-state index >= 15 is 0 Å². The zero-order valence-corrected chi connectivity index (χ0v) is 27.3. The summed E-state index contributed by atoms with van der Waals surface area (Å²) in [6, 6.07) is 32.9. The van der Waals surface area contributed by atoms with Crippen molar-refractivity contribution in [3.8, 4) is 11.5 Å². The summed E-state index contributed by atoms with van der Waals surface area (Å²) < 4.78 is 10.7. The molecule has 0 saturated carbocycles. The van der Waals surface area contributed by atoms with Crippen molar-refractivity contribution in [2.24, 2.45) is 0 Å². The number of rotatable bonds is 10. The molecular weight excluding hydrogens is 588 g/mol. The predicted octanol–water partition coefficient (Wildman–Crippen LogP) is 6.73. The second-order valence-corrected chi connectivity index (χ2v) is 12.1. The summed E-state index contributed by atoms with van der Waals surface area (Å²) in [6.45, 7) is 1.36. The highest BCUT2D eigenvalue weighted by Crippen LogP contribution is 2.31. The molecule has 47 heavy (non-hydrogen) atoms. The minimum Gasteiger partial charge on any atom is -0.497 e. The van der Waals surface area contributed by atoms with Gasteiger partial charge in [0.15, 0.2) is 0 Å². The molecule has 1 aliphatic rings. The Labute approximate surface area is 276 Å². The van der Waals surface area contributed by atoms with E-state index in [2.05, 4.69) is 28.1 Å². The van der Waals surface area contributed by atoms with Crippen LogP contribution in [0.5, 0.6) is 11.5 Å². The third-order valence-electron chi connectivity index (χ3n) is 8.67. The smallest absolute Gasteiger partial charge is 0.264 e. The Kier molecular flexibility index (Phi) is 9.40. The van der Waals surface area contributed by atoms with Crippen LogP contribution in [0, 0.1) is 0 Å². The van der Waals surface area contributed by atoms with E-state index < -0.39 is 0 Å². The summed E-state index contributed by atoms with van der Waals surface area (Å²) >= 11 is 0. The largest absolute Gasteiger partial charge is 0.497 e.